The van der Waals surface area contributed by atoms with Gasteiger partial charge >= 0.3 is 0 Å². The first-order valence-electron chi connectivity index (χ1n) is 9.72. The molecular formula is C21H22N6O2. The Morgan fingerprint density at radius 3 is 2.45 bits per heavy atom. The van der Waals surface area contributed by atoms with E-state index in [1.807, 2.05) is 30.3 Å². The number of nitrogens with one attached hydrogen (secondary N) is 2. The predicted molar refractivity (Wildman–Crippen MR) is 108 cm³/mol. The number of anilines is 1. The van der Waals surface area contributed by atoms with Crippen LogP contribution in [0, 0.1) is 0 Å². The molecule has 0 aliphatic heterocycles. The molecule has 29 heavy (non-hydrogen) atoms. The Kier molecular flexibility index (Phi) is 5.60. The Balaban J connectivity index is 1.36. The van der Waals surface area contributed by atoms with Gasteiger partial charge in [-0.3, -0.25) is 9.59 Å². The van der Waals surface area contributed by atoms with Gasteiger partial charge in [0.2, 0.25) is 5.91 Å². The molecule has 148 valence electrons. The summed E-state index contributed by atoms with van der Waals surface area (Å²) in [5.74, 6) is -0.334. The number of benzene rings is 2. The van der Waals surface area contributed by atoms with E-state index >= 15 is 0 Å². The summed E-state index contributed by atoms with van der Waals surface area (Å²) in [5, 5.41) is 17.8. The zero-order valence-electron chi connectivity index (χ0n) is 15.9. The summed E-state index contributed by atoms with van der Waals surface area (Å²) in [5.41, 5.74) is 2.28. The summed E-state index contributed by atoms with van der Waals surface area (Å²) in [6.45, 7) is 0. The predicted octanol–water partition coefficient (Wildman–Crippen LogP) is 2.52. The molecule has 1 saturated carbocycles. The van der Waals surface area contributed by atoms with Crippen LogP contribution in [0.25, 0.3) is 5.69 Å². The summed E-state index contributed by atoms with van der Waals surface area (Å²) < 4.78 is 0. The minimum Gasteiger partial charge on any atom is -0.346 e. The van der Waals surface area contributed by atoms with Gasteiger partial charge in [-0.15, -0.1) is 15.0 Å². The largest absolute Gasteiger partial charge is 0.346 e. The van der Waals surface area contributed by atoms with Gasteiger partial charge in [-0.25, -0.2) is 0 Å². The first kappa shape index (κ1) is 18.8. The molecular weight excluding hydrogens is 368 g/mol. The normalized spacial score (nSPS) is 13.9. The third kappa shape index (κ3) is 4.84. The second-order valence-corrected chi connectivity index (χ2v) is 7.11. The van der Waals surface area contributed by atoms with Crippen molar-refractivity contribution in [2.45, 2.75) is 38.1 Å². The van der Waals surface area contributed by atoms with Gasteiger partial charge in [-0.05, 0) is 47.9 Å². The molecule has 1 fully saturated rings. The Labute approximate surface area is 168 Å². The Bertz CT molecular complexity index is 978. The molecule has 1 aromatic heterocycles. The van der Waals surface area contributed by atoms with E-state index < -0.39 is 0 Å². The number of aromatic nitrogens is 4. The number of hydrogen-bond acceptors (Lipinski definition) is 5. The maximum Gasteiger partial charge on any atom is 0.293 e. The van der Waals surface area contributed by atoms with Crippen LogP contribution in [-0.2, 0) is 11.2 Å². The number of amides is 2. The molecule has 8 nitrogen and oxygen atoms in total. The van der Waals surface area contributed by atoms with Gasteiger partial charge in [0.25, 0.3) is 11.7 Å². The molecule has 0 unspecified atom stereocenters. The zero-order chi connectivity index (χ0) is 20.1. The molecule has 1 heterocycles. The number of hydrogen-bond donors (Lipinski definition) is 2. The second-order valence-electron chi connectivity index (χ2n) is 7.11. The Hall–Kier alpha value is -3.55. The molecule has 1 aliphatic rings. The van der Waals surface area contributed by atoms with Crippen molar-refractivity contribution in [2.24, 2.45) is 0 Å². The van der Waals surface area contributed by atoms with Gasteiger partial charge in [0.15, 0.2) is 0 Å². The second kappa shape index (κ2) is 8.64. The number of rotatable bonds is 6. The topological polar surface area (TPSA) is 102 Å². The third-order valence-corrected chi connectivity index (χ3v) is 4.90. The highest BCUT2D eigenvalue weighted by atomic mass is 16.2. The fourth-order valence-electron chi connectivity index (χ4n) is 3.40. The number of nitrogens with zero attached hydrogens (tertiary/aromatic N) is 4. The quantitative estimate of drug-likeness (QED) is 0.673. The summed E-state index contributed by atoms with van der Waals surface area (Å²) in [7, 11) is 0. The van der Waals surface area contributed by atoms with Gasteiger partial charge in [0, 0.05) is 11.7 Å². The lowest BCUT2D eigenvalue weighted by Crippen LogP contribution is -2.33. The van der Waals surface area contributed by atoms with E-state index in [1.165, 1.54) is 4.80 Å². The van der Waals surface area contributed by atoms with E-state index in [2.05, 4.69) is 26.0 Å². The van der Waals surface area contributed by atoms with E-state index in [0.717, 1.165) is 31.2 Å². The molecule has 8 heteroatoms. The smallest absolute Gasteiger partial charge is 0.293 e. The van der Waals surface area contributed by atoms with Gasteiger partial charge in [-0.2, -0.15) is 0 Å². The lowest BCUT2D eigenvalue weighted by molar-refractivity contribution is -0.115. The summed E-state index contributed by atoms with van der Waals surface area (Å²) in [6, 6.07) is 16.8. The van der Waals surface area contributed by atoms with Crippen LogP contribution in [0.15, 0.2) is 54.6 Å². The van der Waals surface area contributed by atoms with Gasteiger partial charge in [0.1, 0.15) is 0 Å². The SMILES string of the molecule is O=C(Cc1ccccc1)Nc1ccc(-n2nnc(C(=O)NC3CCCC3)n2)cc1. The number of tetrazole rings is 1. The minimum absolute atomic E-state index is 0.0529. The first-order valence-corrected chi connectivity index (χ1v) is 9.72. The monoisotopic (exact) mass is 390 g/mol. The van der Waals surface area contributed by atoms with Crippen molar-refractivity contribution >= 4 is 17.5 Å². The molecule has 0 bridgehead atoms. The third-order valence-electron chi connectivity index (χ3n) is 4.90. The molecule has 2 amide bonds. The van der Waals surface area contributed by atoms with Crippen molar-refractivity contribution in [3.05, 3.63) is 66.0 Å². The van der Waals surface area contributed by atoms with Crippen molar-refractivity contribution in [1.29, 1.82) is 0 Å². The average Bonchev–Trinajstić information content (AvgIpc) is 3.41. The molecule has 2 N–H and O–H groups in total. The van der Waals surface area contributed by atoms with Crippen LogP contribution in [0.5, 0.6) is 0 Å². The summed E-state index contributed by atoms with van der Waals surface area (Å²) >= 11 is 0. The first-order chi connectivity index (χ1) is 14.2. The molecule has 0 saturated heterocycles. The van der Waals surface area contributed by atoms with Crippen molar-refractivity contribution in [1.82, 2.24) is 25.5 Å². The van der Waals surface area contributed by atoms with E-state index in [1.54, 1.807) is 24.3 Å². The summed E-state index contributed by atoms with van der Waals surface area (Å²) in [6.07, 6.45) is 4.58. The maximum absolute atomic E-state index is 12.2. The van der Waals surface area contributed by atoms with Crippen LogP contribution < -0.4 is 10.6 Å². The highest BCUT2D eigenvalue weighted by molar-refractivity contribution is 5.92. The molecule has 1 aliphatic carbocycles. The minimum atomic E-state index is -0.298. The van der Waals surface area contributed by atoms with E-state index in [0.29, 0.717) is 17.8 Å². The van der Waals surface area contributed by atoms with E-state index in [4.69, 9.17) is 0 Å². The average molecular weight is 390 g/mol. The van der Waals surface area contributed by atoms with Crippen LogP contribution in [0.4, 0.5) is 5.69 Å². The van der Waals surface area contributed by atoms with Crippen LogP contribution in [0.3, 0.4) is 0 Å². The van der Waals surface area contributed by atoms with Crippen molar-refractivity contribution in [3.63, 3.8) is 0 Å². The molecule has 0 radical (unpaired) electrons. The zero-order valence-corrected chi connectivity index (χ0v) is 15.9. The van der Waals surface area contributed by atoms with E-state index in [9.17, 15) is 9.59 Å². The fraction of sp³-hybridized carbons (Fsp3) is 0.286. The van der Waals surface area contributed by atoms with E-state index in [-0.39, 0.29) is 23.7 Å². The lowest BCUT2D eigenvalue weighted by Gasteiger charge is -2.09. The van der Waals surface area contributed by atoms with Gasteiger partial charge < -0.3 is 10.6 Å². The number of carbonyl (C=O) groups is 2. The molecule has 4 rings (SSSR count). The molecule has 3 aromatic rings. The Morgan fingerprint density at radius 1 is 1.00 bits per heavy atom. The Morgan fingerprint density at radius 2 is 1.72 bits per heavy atom. The molecule has 2 aromatic carbocycles. The highest BCUT2D eigenvalue weighted by Crippen LogP contribution is 2.18. The standard InChI is InChI=1S/C21H22N6O2/c28-19(14-15-6-2-1-3-7-15)22-17-10-12-18(13-11-17)27-25-20(24-26-27)21(29)23-16-8-4-5-9-16/h1-3,6-7,10-13,16H,4-5,8-9,14H2,(H,22,28)(H,23,29). The highest BCUT2D eigenvalue weighted by Gasteiger charge is 2.21. The van der Waals surface area contributed by atoms with Gasteiger partial charge in [0.05, 0.1) is 12.1 Å². The van der Waals surface area contributed by atoms with Gasteiger partial charge in [-0.1, -0.05) is 43.2 Å². The number of carbonyl (C=O) groups excluding carboxylic acids is 2. The van der Waals surface area contributed by atoms with Crippen molar-refractivity contribution in [3.8, 4) is 5.69 Å². The van der Waals surface area contributed by atoms with Crippen molar-refractivity contribution < 1.29 is 9.59 Å². The molecule has 0 spiro atoms. The lowest BCUT2D eigenvalue weighted by atomic mass is 10.1. The summed E-state index contributed by atoms with van der Waals surface area (Å²) in [4.78, 5) is 25.7. The van der Waals surface area contributed by atoms with Crippen LogP contribution >= 0.6 is 0 Å². The maximum atomic E-state index is 12.2. The van der Waals surface area contributed by atoms with Crippen LogP contribution in [0.2, 0.25) is 0 Å². The van der Waals surface area contributed by atoms with Crippen molar-refractivity contribution in [2.75, 3.05) is 5.32 Å². The van der Waals surface area contributed by atoms with Crippen LogP contribution in [0.1, 0.15) is 41.9 Å². The fourth-order valence-corrected chi connectivity index (χ4v) is 3.40. The van der Waals surface area contributed by atoms with Crippen LogP contribution in [-0.4, -0.2) is 38.1 Å². The molecule has 0 atom stereocenters.